The first-order chi connectivity index (χ1) is 9.50. The first-order valence-electron chi connectivity index (χ1n) is 6.76. The highest BCUT2D eigenvalue weighted by Crippen LogP contribution is 2.25. The van der Waals surface area contributed by atoms with Crippen LogP contribution in [0, 0.1) is 5.92 Å². The van der Waals surface area contributed by atoms with Gasteiger partial charge in [-0.2, -0.15) is 0 Å². The quantitative estimate of drug-likeness (QED) is 0.609. The number of amides is 1. The Balaban J connectivity index is 2.31. The van der Waals surface area contributed by atoms with Gasteiger partial charge in [0.1, 0.15) is 0 Å². The Kier molecular flexibility index (Phi) is 7.25. The fraction of sp³-hybridized carbons (Fsp3) is 0.571. The molecule has 1 heterocycles. The first kappa shape index (κ1) is 16.7. The molecule has 1 rings (SSSR count). The smallest absolute Gasteiger partial charge is 0.303 e. The van der Waals surface area contributed by atoms with Crippen molar-refractivity contribution in [3.63, 3.8) is 0 Å². The van der Waals surface area contributed by atoms with E-state index < -0.39 is 5.97 Å². The molecule has 20 heavy (non-hydrogen) atoms. The van der Waals surface area contributed by atoms with Gasteiger partial charge >= 0.3 is 5.97 Å². The summed E-state index contributed by atoms with van der Waals surface area (Å²) in [6.07, 6.45) is 0.652. The summed E-state index contributed by atoms with van der Waals surface area (Å²) in [6, 6.07) is 4.03. The maximum Gasteiger partial charge on any atom is 0.303 e. The monoisotopic (exact) mass is 298 g/mol. The second-order valence-electron chi connectivity index (χ2n) is 4.98. The average Bonchev–Trinajstić information content (AvgIpc) is 2.88. The third kappa shape index (κ3) is 6.16. The lowest BCUT2D eigenvalue weighted by atomic mass is 10.0. The van der Waals surface area contributed by atoms with Gasteiger partial charge in [0.2, 0.25) is 5.91 Å². The van der Waals surface area contributed by atoms with Crippen molar-refractivity contribution in [2.24, 2.45) is 5.92 Å². The number of thiophene rings is 1. The van der Waals surface area contributed by atoms with Crippen LogP contribution in [0.4, 0.5) is 0 Å². The lowest BCUT2D eigenvalue weighted by molar-refractivity contribution is -0.137. The largest absolute Gasteiger partial charge is 0.481 e. The molecule has 3 N–H and O–H groups in total. The third-order valence-electron chi connectivity index (χ3n) is 2.86. The SMILES string of the molecule is CC(C)C(NC(=O)CNCCCC(=O)O)c1cccs1. The molecule has 1 atom stereocenters. The van der Waals surface area contributed by atoms with Crippen molar-refractivity contribution in [1.29, 1.82) is 0 Å². The molecule has 0 aliphatic heterocycles. The molecule has 0 aromatic carbocycles. The Labute approximate surface area is 123 Å². The molecule has 5 nitrogen and oxygen atoms in total. The number of hydrogen-bond acceptors (Lipinski definition) is 4. The van der Waals surface area contributed by atoms with Crippen molar-refractivity contribution in [2.75, 3.05) is 13.1 Å². The van der Waals surface area contributed by atoms with Crippen LogP contribution < -0.4 is 10.6 Å². The minimum atomic E-state index is -0.811. The van der Waals surface area contributed by atoms with E-state index in [-0.39, 0.29) is 24.9 Å². The van der Waals surface area contributed by atoms with Crippen LogP contribution >= 0.6 is 11.3 Å². The number of aliphatic carboxylic acids is 1. The van der Waals surface area contributed by atoms with Crippen LogP contribution in [0.15, 0.2) is 17.5 Å². The van der Waals surface area contributed by atoms with Gasteiger partial charge in [0.25, 0.3) is 0 Å². The van der Waals surface area contributed by atoms with E-state index in [1.54, 1.807) is 11.3 Å². The standard InChI is InChI=1S/C14H22N2O3S/c1-10(2)14(11-5-4-8-20-11)16-12(17)9-15-7-3-6-13(18)19/h4-5,8,10,14-15H,3,6-7,9H2,1-2H3,(H,16,17)(H,18,19). The van der Waals surface area contributed by atoms with Crippen LogP contribution in [-0.4, -0.2) is 30.1 Å². The Morgan fingerprint density at radius 3 is 2.70 bits per heavy atom. The van der Waals surface area contributed by atoms with Crippen LogP contribution in [0.1, 0.15) is 37.6 Å². The molecule has 1 aromatic rings. The predicted octanol–water partition coefficient (Wildman–Crippen LogP) is 2.02. The summed E-state index contributed by atoms with van der Waals surface area (Å²) in [5.41, 5.74) is 0. The molecule has 6 heteroatoms. The van der Waals surface area contributed by atoms with Crippen molar-refractivity contribution < 1.29 is 14.7 Å². The number of carbonyl (C=O) groups is 2. The van der Waals surface area contributed by atoms with E-state index in [0.717, 1.165) is 4.88 Å². The van der Waals surface area contributed by atoms with E-state index in [2.05, 4.69) is 24.5 Å². The summed E-state index contributed by atoms with van der Waals surface area (Å²) >= 11 is 1.64. The van der Waals surface area contributed by atoms with Gasteiger partial charge < -0.3 is 15.7 Å². The minimum absolute atomic E-state index is 0.0309. The molecule has 0 spiro atoms. The second-order valence-corrected chi connectivity index (χ2v) is 5.96. The van der Waals surface area contributed by atoms with Gasteiger partial charge in [-0.1, -0.05) is 19.9 Å². The highest BCUT2D eigenvalue weighted by atomic mass is 32.1. The summed E-state index contributed by atoms with van der Waals surface area (Å²) in [7, 11) is 0. The zero-order valence-corrected chi connectivity index (χ0v) is 12.7. The van der Waals surface area contributed by atoms with Crippen LogP contribution in [0.3, 0.4) is 0 Å². The molecule has 1 amide bonds. The topological polar surface area (TPSA) is 78.4 Å². The van der Waals surface area contributed by atoms with Crippen LogP contribution in [0.25, 0.3) is 0 Å². The van der Waals surface area contributed by atoms with Crippen molar-refractivity contribution >= 4 is 23.2 Å². The lowest BCUT2D eigenvalue weighted by Gasteiger charge is -2.21. The van der Waals surface area contributed by atoms with Crippen molar-refractivity contribution in [3.8, 4) is 0 Å². The first-order valence-corrected chi connectivity index (χ1v) is 7.64. The number of nitrogens with one attached hydrogen (secondary N) is 2. The minimum Gasteiger partial charge on any atom is -0.481 e. The Morgan fingerprint density at radius 1 is 1.40 bits per heavy atom. The van der Waals surface area contributed by atoms with Crippen LogP contribution in [-0.2, 0) is 9.59 Å². The van der Waals surface area contributed by atoms with Crippen molar-refractivity contribution in [1.82, 2.24) is 10.6 Å². The molecular formula is C14H22N2O3S. The number of carboxylic acid groups (broad SMARTS) is 1. The maximum absolute atomic E-state index is 11.9. The Morgan fingerprint density at radius 2 is 2.15 bits per heavy atom. The molecular weight excluding hydrogens is 276 g/mol. The molecule has 0 aliphatic rings. The fourth-order valence-corrected chi connectivity index (χ4v) is 2.77. The zero-order chi connectivity index (χ0) is 15.0. The van der Waals surface area contributed by atoms with Gasteiger partial charge in [0.05, 0.1) is 12.6 Å². The number of hydrogen-bond donors (Lipinski definition) is 3. The maximum atomic E-state index is 11.9. The van der Waals surface area contributed by atoms with E-state index in [0.29, 0.717) is 18.9 Å². The van der Waals surface area contributed by atoms with Crippen LogP contribution in [0.5, 0.6) is 0 Å². The molecule has 0 fully saturated rings. The van der Waals surface area contributed by atoms with Gasteiger partial charge in [-0.3, -0.25) is 9.59 Å². The van der Waals surface area contributed by atoms with Gasteiger partial charge in [0.15, 0.2) is 0 Å². The molecule has 0 aliphatic carbocycles. The van der Waals surface area contributed by atoms with Gasteiger partial charge in [-0.05, 0) is 30.3 Å². The third-order valence-corrected chi connectivity index (χ3v) is 3.82. The Bertz CT molecular complexity index is 418. The summed E-state index contributed by atoms with van der Waals surface area (Å²) in [4.78, 5) is 23.4. The van der Waals surface area contributed by atoms with E-state index in [1.165, 1.54) is 0 Å². The molecule has 0 radical (unpaired) electrons. The molecule has 0 saturated carbocycles. The van der Waals surface area contributed by atoms with E-state index in [4.69, 9.17) is 5.11 Å². The van der Waals surface area contributed by atoms with Crippen molar-refractivity contribution in [2.45, 2.75) is 32.7 Å². The molecule has 0 saturated heterocycles. The van der Waals surface area contributed by atoms with Gasteiger partial charge in [-0.15, -0.1) is 11.3 Å². The zero-order valence-electron chi connectivity index (χ0n) is 11.9. The average molecular weight is 298 g/mol. The predicted molar refractivity (Wildman–Crippen MR) is 79.8 cm³/mol. The summed E-state index contributed by atoms with van der Waals surface area (Å²) < 4.78 is 0. The lowest BCUT2D eigenvalue weighted by Crippen LogP contribution is -2.38. The summed E-state index contributed by atoms with van der Waals surface area (Å²) in [5.74, 6) is -0.550. The number of carboxylic acids is 1. The highest BCUT2D eigenvalue weighted by molar-refractivity contribution is 7.10. The van der Waals surface area contributed by atoms with E-state index >= 15 is 0 Å². The normalized spacial score (nSPS) is 12.3. The summed E-state index contributed by atoms with van der Waals surface area (Å²) in [5, 5.41) is 16.5. The highest BCUT2D eigenvalue weighted by Gasteiger charge is 2.18. The molecule has 1 unspecified atom stereocenters. The van der Waals surface area contributed by atoms with Gasteiger partial charge in [0, 0.05) is 11.3 Å². The molecule has 0 bridgehead atoms. The molecule has 1 aromatic heterocycles. The van der Waals surface area contributed by atoms with E-state index in [9.17, 15) is 9.59 Å². The van der Waals surface area contributed by atoms with Crippen LogP contribution in [0.2, 0.25) is 0 Å². The van der Waals surface area contributed by atoms with Gasteiger partial charge in [-0.25, -0.2) is 0 Å². The van der Waals surface area contributed by atoms with Crippen molar-refractivity contribution in [3.05, 3.63) is 22.4 Å². The van der Waals surface area contributed by atoms with E-state index in [1.807, 2.05) is 17.5 Å². The number of rotatable bonds is 9. The molecule has 112 valence electrons. The fourth-order valence-electron chi connectivity index (χ4n) is 1.83. The Hall–Kier alpha value is -1.40. The summed E-state index contributed by atoms with van der Waals surface area (Å²) in [6.45, 7) is 4.90. The second kappa shape index (κ2) is 8.71. The number of carbonyl (C=O) groups excluding carboxylic acids is 1.